The molecule has 1 aliphatic heterocycles. The van der Waals surface area contributed by atoms with E-state index >= 15 is 0 Å². The van der Waals surface area contributed by atoms with Gasteiger partial charge in [0.25, 0.3) is 0 Å². The Morgan fingerprint density at radius 1 is 1.12 bits per heavy atom. The van der Waals surface area contributed by atoms with Crippen LogP contribution in [0, 0.1) is 6.10 Å². The fourth-order valence-corrected chi connectivity index (χ4v) is 1.83. The third-order valence-corrected chi connectivity index (χ3v) is 2.89. The lowest BCUT2D eigenvalue weighted by Crippen LogP contribution is -2.55. The highest BCUT2D eigenvalue weighted by molar-refractivity contribution is 5.01. The Labute approximate surface area is 95.7 Å². The monoisotopic (exact) mass is 233 g/mol. The lowest BCUT2D eigenvalue weighted by molar-refractivity contribution is -0.192. The molecule has 0 unspecified atom stereocenters. The maximum absolute atomic E-state index is 9.67. The first-order valence-corrected chi connectivity index (χ1v) is 5.79. The molecular weight excluding hydrogens is 212 g/mol. The molecule has 0 amide bonds. The van der Waals surface area contributed by atoms with Crippen molar-refractivity contribution < 1.29 is 25.2 Å². The largest absolute Gasteiger partial charge is 0.394 e. The summed E-state index contributed by atoms with van der Waals surface area (Å²) in [4.78, 5) is 0. The number of rotatable bonds is 5. The summed E-state index contributed by atoms with van der Waals surface area (Å²) in [6.07, 6.45) is -0.661. The van der Waals surface area contributed by atoms with Crippen molar-refractivity contribution in [2.75, 3.05) is 6.61 Å². The van der Waals surface area contributed by atoms with Gasteiger partial charge in [-0.15, -0.1) is 0 Å². The predicted molar refractivity (Wildman–Crippen MR) is 57.4 cm³/mol. The van der Waals surface area contributed by atoms with Gasteiger partial charge in [0.15, 0.2) is 0 Å². The van der Waals surface area contributed by atoms with Gasteiger partial charge in [-0.05, 0) is 6.42 Å². The Bertz CT molecular complexity index is 197. The standard InChI is InChI=1S/C11H21O5/c1-2-3-4-5-7-9(13)11(15)10(14)8(6-12)16-7/h8-15H,2-6H2,1H3/t8-,9+,10-,11-/m1/s1. The Hall–Kier alpha value is -0.200. The number of hydrogen-bond acceptors (Lipinski definition) is 5. The third-order valence-electron chi connectivity index (χ3n) is 2.89. The van der Waals surface area contributed by atoms with E-state index in [2.05, 4.69) is 6.92 Å². The fraction of sp³-hybridized carbons (Fsp3) is 0.909. The van der Waals surface area contributed by atoms with Crippen LogP contribution in [0.2, 0.25) is 0 Å². The average Bonchev–Trinajstić information content (AvgIpc) is 2.29. The molecule has 95 valence electrons. The van der Waals surface area contributed by atoms with Crippen molar-refractivity contribution in [3.05, 3.63) is 6.10 Å². The topological polar surface area (TPSA) is 90.2 Å². The average molecular weight is 233 g/mol. The van der Waals surface area contributed by atoms with Gasteiger partial charge in [-0.3, -0.25) is 0 Å². The summed E-state index contributed by atoms with van der Waals surface area (Å²) in [5.41, 5.74) is 0. The van der Waals surface area contributed by atoms with E-state index < -0.39 is 24.4 Å². The second-order valence-electron chi connectivity index (χ2n) is 4.19. The lowest BCUT2D eigenvalue weighted by Gasteiger charge is -2.39. The van der Waals surface area contributed by atoms with Crippen LogP contribution < -0.4 is 0 Å². The normalized spacial score (nSPS) is 36.6. The van der Waals surface area contributed by atoms with Gasteiger partial charge < -0.3 is 25.2 Å². The quantitative estimate of drug-likeness (QED) is 0.484. The molecular formula is C11H21O5. The van der Waals surface area contributed by atoms with E-state index in [4.69, 9.17) is 9.84 Å². The van der Waals surface area contributed by atoms with Crippen LogP contribution in [0.4, 0.5) is 0 Å². The zero-order chi connectivity index (χ0) is 12.1. The molecule has 0 aromatic heterocycles. The first-order chi connectivity index (χ1) is 7.61. The van der Waals surface area contributed by atoms with E-state index in [1.165, 1.54) is 0 Å². The van der Waals surface area contributed by atoms with Crippen molar-refractivity contribution in [3.8, 4) is 0 Å². The lowest BCUT2D eigenvalue weighted by atomic mass is 9.92. The van der Waals surface area contributed by atoms with E-state index in [0.717, 1.165) is 19.3 Å². The molecule has 1 rings (SSSR count). The zero-order valence-corrected chi connectivity index (χ0v) is 9.54. The molecule has 4 N–H and O–H groups in total. The Morgan fingerprint density at radius 2 is 1.81 bits per heavy atom. The van der Waals surface area contributed by atoms with Crippen LogP contribution in [-0.4, -0.2) is 51.4 Å². The van der Waals surface area contributed by atoms with Crippen molar-refractivity contribution in [2.45, 2.75) is 57.0 Å². The van der Waals surface area contributed by atoms with E-state index in [9.17, 15) is 15.3 Å². The molecule has 1 fully saturated rings. The van der Waals surface area contributed by atoms with Crippen LogP contribution in [0.5, 0.6) is 0 Å². The second-order valence-corrected chi connectivity index (χ2v) is 4.19. The van der Waals surface area contributed by atoms with Crippen molar-refractivity contribution in [1.82, 2.24) is 0 Å². The first kappa shape index (κ1) is 13.9. The van der Waals surface area contributed by atoms with Gasteiger partial charge in [0, 0.05) is 0 Å². The molecule has 0 spiro atoms. The highest BCUT2D eigenvalue weighted by atomic mass is 16.5. The summed E-state index contributed by atoms with van der Waals surface area (Å²) in [5.74, 6) is 0. The molecule has 1 radical (unpaired) electrons. The SMILES string of the molecule is CCCCC[C]1O[C@H](CO)[C@@H](O)[C@H](O)[C@H]1O. The van der Waals surface area contributed by atoms with Gasteiger partial charge in [0.2, 0.25) is 0 Å². The smallest absolute Gasteiger partial charge is 0.129 e. The maximum atomic E-state index is 9.67. The minimum Gasteiger partial charge on any atom is -0.394 e. The molecule has 0 aromatic carbocycles. The van der Waals surface area contributed by atoms with E-state index in [1.807, 2.05) is 0 Å². The maximum Gasteiger partial charge on any atom is 0.129 e. The summed E-state index contributed by atoms with van der Waals surface area (Å²) in [7, 11) is 0. The van der Waals surface area contributed by atoms with Gasteiger partial charge >= 0.3 is 0 Å². The number of hydrogen-bond donors (Lipinski definition) is 4. The number of ether oxygens (including phenoxy) is 1. The zero-order valence-electron chi connectivity index (χ0n) is 9.54. The Kier molecular flexibility index (Phi) is 5.64. The summed E-state index contributed by atoms with van der Waals surface area (Å²) in [5, 5.41) is 37.7. The van der Waals surface area contributed by atoms with Crippen molar-refractivity contribution in [3.63, 3.8) is 0 Å². The van der Waals surface area contributed by atoms with Gasteiger partial charge in [0.1, 0.15) is 30.5 Å². The van der Waals surface area contributed by atoms with Crippen LogP contribution in [0.3, 0.4) is 0 Å². The van der Waals surface area contributed by atoms with Crippen LogP contribution in [-0.2, 0) is 4.74 Å². The molecule has 4 atom stereocenters. The van der Waals surface area contributed by atoms with E-state index in [1.54, 1.807) is 0 Å². The molecule has 0 bridgehead atoms. The fourth-order valence-electron chi connectivity index (χ4n) is 1.83. The van der Waals surface area contributed by atoms with Gasteiger partial charge in [-0.25, -0.2) is 0 Å². The summed E-state index contributed by atoms with van der Waals surface area (Å²) in [6, 6.07) is 0. The highest BCUT2D eigenvalue weighted by Crippen LogP contribution is 2.29. The van der Waals surface area contributed by atoms with Gasteiger partial charge in [-0.1, -0.05) is 26.2 Å². The predicted octanol–water partition coefficient (Wildman–Crippen LogP) is -0.428. The number of aliphatic hydroxyl groups is 4. The molecule has 0 aliphatic carbocycles. The molecule has 5 nitrogen and oxygen atoms in total. The van der Waals surface area contributed by atoms with Crippen LogP contribution >= 0.6 is 0 Å². The summed E-state index contributed by atoms with van der Waals surface area (Å²) >= 11 is 0. The summed E-state index contributed by atoms with van der Waals surface area (Å²) in [6.45, 7) is 1.69. The minimum absolute atomic E-state index is 0.366. The van der Waals surface area contributed by atoms with Crippen molar-refractivity contribution in [1.29, 1.82) is 0 Å². The third kappa shape index (κ3) is 3.15. The van der Waals surface area contributed by atoms with E-state index in [-0.39, 0.29) is 6.61 Å². The van der Waals surface area contributed by atoms with E-state index in [0.29, 0.717) is 12.5 Å². The molecule has 1 heterocycles. The van der Waals surface area contributed by atoms with Crippen molar-refractivity contribution >= 4 is 0 Å². The molecule has 0 saturated carbocycles. The summed E-state index contributed by atoms with van der Waals surface area (Å²) < 4.78 is 5.28. The van der Waals surface area contributed by atoms with Gasteiger partial charge in [0.05, 0.1) is 6.61 Å². The van der Waals surface area contributed by atoms with Crippen LogP contribution in [0.15, 0.2) is 0 Å². The molecule has 0 aromatic rings. The Morgan fingerprint density at radius 3 is 2.38 bits per heavy atom. The van der Waals surface area contributed by atoms with Crippen LogP contribution in [0.25, 0.3) is 0 Å². The van der Waals surface area contributed by atoms with Crippen LogP contribution in [0.1, 0.15) is 32.6 Å². The van der Waals surface area contributed by atoms with Crippen molar-refractivity contribution in [2.24, 2.45) is 0 Å². The second kappa shape index (κ2) is 6.51. The molecule has 1 saturated heterocycles. The molecule has 5 heteroatoms. The number of aliphatic hydroxyl groups excluding tert-OH is 4. The first-order valence-electron chi connectivity index (χ1n) is 5.79. The molecule has 16 heavy (non-hydrogen) atoms. The van der Waals surface area contributed by atoms with Gasteiger partial charge in [-0.2, -0.15) is 0 Å². The molecule has 1 aliphatic rings. The highest BCUT2D eigenvalue weighted by Gasteiger charge is 2.43. The Balaban J connectivity index is 2.50. The number of unbranched alkanes of at least 4 members (excludes halogenated alkanes) is 2. The minimum atomic E-state index is -1.28.